The summed E-state index contributed by atoms with van der Waals surface area (Å²) < 4.78 is 40.0. The van der Waals surface area contributed by atoms with E-state index in [-0.39, 0.29) is 18.9 Å². The molecule has 3 nitrogen and oxygen atoms in total. The van der Waals surface area contributed by atoms with Crippen molar-refractivity contribution in [1.29, 1.82) is 0 Å². The first-order valence-corrected chi connectivity index (χ1v) is 3.26. The van der Waals surface area contributed by atoms with Crippen molar-refractivity contribution >= 4 is 0 Å². The van der Waals surface area contributed by atoms with Crippen molar-refractivity contribution in [2.75, 3.05) is 6.54 Å². The molecule has 0 saturated heterocycles. The number of hydrogen-bond donors (Lipinski definition) is 1. The first kappa shape index (κ1) is 9.05. The summed E-state index contributed by atoms with van der Waals surface area (Å²) >= 11 is 0. The van der Waals surface area contributed by atoms with Crippen molar-refractivity contribution in [2.45, 2.75) is 12.6 Å². The molecule has 68 valence electrons. The minimum atomic E-state index is -4.46. The summed E-state index contributed by atoms with van der Waals surface area (Å²) in [4.78, 5) is 3.41. The van der Waals surface area contributed by atoms with Crippen molar-refractivity contribution in [2.24, 2.45) is 5.73 Å². The molecule has 0 amide bonds. The molecule has 0 unspecified atom stereocenters. The number of hydrogen-bond acceptors (Lipinski definition) is 3. The fourth-order valence-electron chi connectivity index (χ4n) is 0.680. The molecule has 0 aliphatic carbocycles. The van der Waals surface area contributed by atoms with Crippen LogP contribution in [0.5, 0.6) is 0 Å². The fourth-order valence-corrected chi connectivity index (χ4v) is 0.680. The van der Waals surface area contributed by atoms with E-state index < -0.39 is 11.9 Å². The summed E-state index contributed by atoms with van der Waals surface area (Å²) in [5, 5.41) is 0. The van der Waals surface area contributed by atoms with Gasteiger partial charge in [-0.05, 0) is 0 Å². The fraction of sp³-hybridized carbons (Fsp3) is 0.500. The highest BCUT2D eigenvalue weighted by molar-refractivity contribution is 4.98. The van der Waals surface area contributed by atoms with Crippen LogP contribution < -0.4 is 5.73 Å². The standard InChI is InChI=1S/C6H7F3N2O/c7-6(8,9)4-3-11-5(12-4)1-2-10/h3H,1-2,10H2. The van der Waals surface area contributed by atoms with Crippen molar-refractivity contribution < 1.29 is 17.6 Å². The first-order valence-electron chi connectivity index (χ1n) is 3.26. The van der Waals surface area contributed by atoms with E-state index in [1.165, 1.54) is 0 Å². The van der Waals surface area contributed by atoms with Gasteiger partial charge in [0.05, 0.1) is 6.20 Å². The molecule has 12 heavy (non-hydrogen) atoms. The van der Waals surface area contributed by atoms with E-state index in [2.05, 4.69) is 9.40 Å². The average Bonchev–Trinajstić information content (AvgIpc) is 2.35. The van der Waals surface area contributed by atoms with Crippen molar-refractivity contribution in [1.82, 2.24) is 4.98 Å². The zero-order valence-electron chi connectivity index (χ0n) is 6.06. The maximum absolute atomic E-state index is 11.9. The lowest BCUT2D eigenvalue weighted by atomic mass is 10.4. The van der Waals surface area contributed by atoms with Crippen LogP contribution in [0, 0.1) is 0 Å². The summed E-state index contributed by atoms with van der Waals surface area (Å²) in [5.74, 6) is -1.06. The number of oxazole rings is 1. The monoisotopic (exact) mass is 180 g/mol. The Balaban J connectivity index is 2.77. The van der Waals surface area contributed by atoms with Crippen LogP contribution in [0.2, 0.25) is 0 Å². The largest absolute Gasteiger partial charge is 0.451 e. The average molecular weight is 180 g/mol. The Morgan fingerprint density at radius 2 is 2.17 bits per heavy atom. The van der Waals surface area contributed by atoms with E-state index in [1.54, 1.807) is 0 Å². The summed E-state index contributed by atoms with van der Waals surface area (Å²) in [5.41, 5.74) is 5.10. The molecule has 0 aliphatic heterocycles. The Morgan fingerprint density at radius 3 is 2.58 bits per heavy atom. The normalized spacial score (nSPS) is 12.0. The molecule has 0 bridgehead atoms. The highest BCUT2D eigenvalue weighted by atomic mass is 19.4. The maximum atomic E-state index is 11.9. The number of aromatic nitrogens is 1. The van der Waals surface area contributed by atoms with Gasteiger partial charge in [0.2, 0.25) is 5.76 Å². The highest BCUT2D eigenvalue weighted by Gasteiger charge is 2.35. The van der Waals surface area contributed by atoms with Crippen molar-refractivity contribution in [3.8, 4) is 0 Å². The highest BCUT2D eigenvalue weighted by Crippen LogP contribution is 2.29. The smallest absolute Gasteiger partial charge is 0.436 e. The molecule has 0 aromatic carbocycles. The molecule has 0 fully saturated rings. The third-order valence-electron chi connectivity index (χ3n) is 1.19. The van der Waals surface area contributed by atoms with Crippen LogP contribution in [0.1, 0.15) is 11.7 Å². The maximum Gasteiger partial charge on any atom is 0.451 e. The predicted octanol–water partition coefficient (Wildman–Crippen LogP) is 1.19. The van der Waals surface area contributed by atoms with Crippen molar-refractivity contribution in [3.63, 3.8) is 0 Å². The van der Waals surface area contributed by atoms with Crippen molar-refractivity contribution in [3.05, 3.63) is 17.8 Å². The summed E-state index contributed by atoms with van der Waals surface area (Å²) in [7, 11) is 0. The van der Waals surface area contributed by atoms with Crippen LogP contribution in [0.4, 0.5) is 13.2 Å². The molecule has 2 N–H and O–H groups in total. The molecule has 0 aliphatic rings. The second-order valence-electron chi connectivity index (χ2n) is 2.15. The zero-order valence-corrected chi connectivity index (χ0v) is 6.06. The number of rotatable bonds is 2. The van der Waals surface area contributed by atoms with Gasteiger partial charge in [0, 0.05) is 13.0 Å². The third-order valence-corrected chi connectivity index (χ3v) is 1.19. The van der Waals surface area contributed by atoms with Crippen LogP contribution in [0.3, 0.4) is 0 Å². The van der Waals surface area contributed by atoms with Crippen LogP contribution in [0.25, 0.3) is 0 Å². The first-order chi connectivity index (χ1) is 5.54. The molecule has 1 aromatic rings. The Morgan fingerprint density at radius 1 is 1.50 bits per heavy atom. The zero-order chi connectivity index (χ0) is 9.19. The van der Waals surface area contributed by atoms with Crippen LogP contribution in [-0.4, -0.2) is 11.5 Å². The Kier molecular flexibility index (Phi) is 2.37. The molecule has 0 atom stereocenters. The van der Waals surface area contributed by atoms with Crippen LogP contribution in [0.15, 0.2) is 10.6 Å². The van der Waals surface area contributed by atoms with E-state index in [1.807, 2.05) is 0 Å². The number of nitrogens with two attached hydrogens (primary N) is 1. The van der Waals surface area contributed by atoms with Gasteiger partial charge >= 0.3 is 6.18 Å². The molecule has 0 saturated carbocycles. The molecule has 6 heteroatoms. The third kappa shape index (κ3) is 1.97. The topological polar surface area (TPSA) is 52.0 Å². The van der Waals surface area contributed by atoms with Gasteiger partial charge in [-0.3, -0.25) is 0 Å². The van der Waals surface area contributed by atoms with Gasteiger partial charge in [0.25, 0.3) is 0 Å². The van der Waals surface area contributed by atoms with Gasteiger partial charge in [-0.2, -0.15) is 13.2 Å². The number of halogens is 3. The number of alkyl halides is 3. The molecule has 1 rings (SSSR count). The Bertz CT molecular complexity index is 256. The molecular weight excluding hydrogens is 173 g/mol. The van der Waals surface area contributed by atoms with E-state index in [0.29, 0.717) is 6.20 Å². The SMILES string of the molecule is NCCc1ncc(C(F)(F)F)o1. The Hall–Kier alpha value is -1.04. The summed E-state index contributed by atoms with van der Waals surface area (Å²) in [6.07, 6.45) is -3.58. The van der Waals surface area contributed by atoms with Crippen LogP contribution >= 0.6 is 0 Å². The molecule has 0 spiro atoms. The lowest BCUT2D eigenvalue weighted by molar-refractivity contribution is -0.153. The van der Waals surface area contributed by atoms with Crippen LogP contribution in [-0.2, 0) is 12.6 Å². The molecule has 0 radical (unpaired) electrons. The van der Waals surface area contributed by atoms with E-state index in [0.717, 1.165) is 0 Å². The van der Waals surface area contributed by atoms with E-state index >= 15 is 0 Å². The number of nitrogens with zero attached hydrogens (tertiary/aromatic N) is 1. The molecule has 1 heterocycles. The predicted molar refractivity (Wildman–Crippen MR) is 34.3 cm³/mol. The van der Waals surface area contributed by atoms with Gasteiger partial charge in [-0.1, -0.05) is 0 Å². The second kappa shape index (κ2) is 3.14. The summed E-state index contributed by atoms with van der Waals surface area (Å²) in [6, 6.07) is 0. The van der Waals surface area contributed by atoms with E-state index in [4.69, 9.17) is 5.73 Å². The molecule has 1 aromatic heterocycles. The molecular formula is C6H7F3N2O. The van der Waals surface area contributed by atoms with Gasteiger partial charge in [-0.15, -0.1) is 0 Å². The van der Waals surface area contributed by atoms with Gasteiger partial charge in [0.15, 0.2) is 5.89 Å². The second-order valence-corrected chi connectivity index (χ2v) is 2.15. The quantitative estimate of drug-likeness (QED) is 0.743. The summed E-state index contributed by atoms with van der Waals surface area (Å²) in [6.45, 7) is 0.220. The van der Waals surface area contributed by atoms with E-state index in [9.17, 15) is 13.2 Å². The lowest BCUT2D eigenvalue weighted by Gasteiger charge is -1.98. The minimum Gasteiger partial charge on any atom is -0.436 e. The Labute approximate surface area is 66.4 Å². The van der Waals surface area contributed by atoms with Gasteiger partial charge in [0.1, 0.15) is 0 Å². The van der Waals surface area contributed by atoms with Gasteiger partial charge < -0.3 is 10.2 Å². The minimum absolute atomic E-state index is 0.0184. The van der Waals surface area contributed by atoms with Gasteiger partial charge in [-0.25, -0.2) is 4.98 Å². The lowest BCUT2D eigenvalue weighted by Crippen LogP contribution is -2.04.